The lowest BCUT2D eigenvalue weighted by Gasteiger charge is -2.32. The summed E-state index contributed by atoms with van der Waals surface area (Å²) in [6.07, 6.45) is 0. The lowest BCUT2D eigenvalue weighted by atomic mass is 9.84. The van der Waals surface area contributed by atoms with Crippen LogP contribution in [0.25, 0.3) is 11.0 Å². The van der Waals surface area contributed by atoms with Crippen molar-refractivity contribution in [2.24, 2.45) is 0 Å². The number of fused-ring (bicyclic) bond motifs is 5. The number of esters is 1. The van der Waals surface area contributed by atoms with E-state index in [0.717, 1.165) is 22.5 Å². The number of benzene rings is 3. The first-order valence-corrected chi connectivity index (χ1v) is 15.1. The monoisotopic (exact) mass is 625 g/mol. The molecule has 5 aromatic rings. The molecule has 0 radical (unpaired) electrons. The number of ether oxygens (including phenoxy) is 1. The van der Waals surface area contributed by atoms with E-state index in [1.165, 1.54) is 17.0 Å². The van der Waals surface area contributed by atoms with Crippen LogP contribution in [0.1, 0.15) is 55.1 Å². The van der Waals surface area contributed by atoms with Crippen LogP contribution in [-0.4, -0.2) is 29.4 Å². The molecule has 0 N–H and O–H groups in total. The summed E-state index contributed by atoms with van der Waals surface area (Å²) >= 11 is 7.20. The number of rotatable bonds is 5. The van der Waals surface area contributed by atoms with Crippen LogP contribution >= 0.6 is 22.9 Å². The van der Waals surface area contributed by atoms with Gasteiger partial charge in [-0.25, -0.2) is 9.78 Å². The van der Waals surface area contributed by atoms with Gasteiger partial charge in [0.25, 0.3) is 11.8 Å². The Labute approximate surface area is 260 Å². The van der Waals surface area contributed by atoms with Crippen molar-refractivity contribution in [3.8, 4) is 0 Å². The van der Waals surface area contributed by atoms with Crippen molar-refractivity contribution >= 4 is 62.5 Å². The highest BCUT2D eigenvalue weighted by Gasteiger charge is 2.66. The fourth-order valence-corrected chi connectivity index (χ4v) is 7.30. The van der Waals surface area contributed by atoms with Gasteiger partial charge < -0.3 is 14.1 Å². The average Bonchev–Trinajstić information content (AvgIpc) is 3.59. The van der Waals surface area contributed by atoms with Crippen molar-refractivity contribution in [1.82, 2.24) is 4.98 Å². The Morgan fingerprint density at radius 3 is 2.57 bits per heavy atom. The van der Waals surface area contributed by atoms with Gasteiger partial charge in [0, 0.05) is 10.6 Å². The molecule has 0 saturated carbocycles. The van der Waals surface area contributed by atoms with Gasteiger partial charge in [-0.1, -0.05) is 65.4 Å². The molecule has 0 saturated heterocycles. The molecule has 0 fully saturated rings. The molecule has 7 rings (SSSR count). The van der Waals surface area contributed by atoms with E-state index in [0.29, 0.717) is 22.0 Å². The lowest BCUT2D eigenvalue weighted by molar-refractivity contribution is -0.121. The molecule has 3 aromatic carbocycles. The number of nitrogens with zero attached hydrogens (tertiary/aromatic N) is 3. The molecule has 44 heavy (non-hydrogen) atoms. The van der Waals surface area contributed by atoms with Gasteiger partial charge >= 0.3 is 5.97 Å². The van der Waals surface area contributed by atoms with E-state index in [1.807, 2.05) is 31.2 Å². The summed E-state index contributed by atoms with van der Waals surface area (Å²) in [7, 11) is 0. The summed E-state index contributed by atoms with van der Waals surface area (Å²) < 4.78 is 11.3. The Bertz CT molecular complexity index is 2120. The van der Waals surface area contributed by atoms with Crippen molar-refractivity contribution in [2.75, 3.05) is 16.4 Å². The van der Waals surface area contributed by atoms with Gasteiger partial charge in [-0.15, -0.1) is 0 Å². The number of aryl methyl sites for hydroxylation is 2. The third-order valence-electron chi connectivity index (χ3n) is 8.11. The van der Waals surface area contributed by atoms with Crippen LogP contribution in [0.2, 0.25) is 5.02 Å². The van der Waals surface area contributed by atoms with E-state index in [4.69, 9.17) is 20.8 Å². The molecular weight excluding hydrogens is 602 g/mol. The van der Waals surface area contributed by atoms with Crippen LogP contribution in [0.15, 0.2) is 75.9 Å². The second-order valence-electron chi connectivity index (χ2n) is 10.6. The van der Waals surface area contributed by atoms with E-state index >= 15 is 4.79 Å². The van der Waals surface area contributed by atoms with Gasteiger partial charge in [-0.2, -0.15) is 0 Å². The lowest BCUT2D eigenvalue weighted by Crippen LogP contribution is -2.53. The predicted octanol–water partition coefficient (Wildman–Crippen LogP) is 6.15. The van der Waals surface area contributed by atoms with E-state index in [1.54, 1.807) is 49.1 Å². The zero-order valence-electron chi connectivity index (χ0n) is 23.8. The Balaban J connectivity index is 1.55. The molecule has 1 unspecified atom stereocenters. The maximum Gasteiger partial charge on any atom is 0.350 e. The maximum atomic E-state index is 15.1. The number of aromatic nitrogens is 1. The smallest absolute Gasteiger partial charge is 0.350 e. The first-order valence-electron chi connectivity index (χ1n) is 13.9. The van der Waals surface area contributed by atoms with Crippen molar-refractivity contribution in [1.29, 1.82) is 0 Å². The van der Waals surface area contributed by atoms with Crippen LogP contribution in [0.5, 0.6) is 0 Å². The number of hydrogen-bond acceptors (Lipinski definition) is 8. The number of amides is 2. The third-order valence-corrected chi connectivity index (χ3v) is 9.47. The zero-order valence-corrected chi connectivity index (χ0v) is 25.4. The Kier molecular flexibility index (Phi) is 6.45. The largest absolute Gasteiger partial charge is 0.462 e. The number of carbonyl (C=O) groups excluding carboxylic acids is 3. The number of carbonyl (C=O) groups is 3. The molecule has 2 aliphatic heterocycles. The quantitative estimate of drug-likeness (QED) is 0.216. The van der Waals surface area contributed by atoms with Gasteiger partial charge in [0.1, 0.15) is 10.5 Å². The standard InChI is InChI=1S/C33H24ClN3O6S/c1-4-42-30(40)28-18(3)35-32(44-28)37-29(39)27-25(26(38)21-15-20(34)13-14-24(21)43-27)33(37)22-11-7-8-12-23(22)36(31(33)41)16-19-10-6-5-9-17(19)2/h5-15H,4,16H2,1-3H3. The minimum Gasteiger partial charge on any atom is -0.462 e. The third kappa shape index (κ3) is 3.80. The van der Waals surface area contributed by atoms with Gasteiger partial charge in [0.05, 0.1) is 35.5 Å². The number of thiazole rings is 1. The van der Waals surface area contributed by atoms with Crippen LogP contribution < -0.4 is 15.2 Å². The molecule has 4 heterocycles. The first-order chi connectivity index (χ1) is 21.2. The van der Waals surface area contributed by atoms with Crippen LogP contribution in [0.4, 0.5) is 10.8 Å². The summed E-state index contributed by atoms with van der Waals surface area (Å²) in [6.45, 7) is 5.61. The second-order valence-corrected chi connectivity index (χ2v) is 12.0. The second kappa shape index (κ2) is 10.1. The fourth-order valence-electron chi connectivity index (χ4n) is 6.11. The normalized spacial score (nSPS) is 17.1. The van der Waals surface area contributed by atoms with Gasteiger partial charge in [0.15, 0.2) is 16.1 Å². The highest BCUT2D eigenvalue weighted by Crippen LogP contribution is 2.55. The number of hydrogen-bond donors (Lipinski definition) is 0. The number of anilines is 2. The summed E-state index contributed by atoms with van der Waals surface area (Å²) in [5.74, 6) is -2.11. The minimum absolute atomic E-state index is 0.0596. The van der Waals surface area contributed by atoms with Gasteiger partial charge in [-0.3, -0.25) is 19.3 Å². The molecular formula is C33H24ClN3O6S. The molecule has 0 bridgehead atoms. The highest BCUT2D eigenvalue weighted by molar-refractivity contribution is 7.17. The molecule has 2 aromatic heterocycles. The van der Waals surface area contributed by atoms with E-state index in [2.05, 4.69) is 4.98 Å². The molecule has 2 aliphatic rings. The van der Waals surface area contributed by atoms with Crippen LogP contribution in [0, 0.1) is 13.8 Å². The van der Waals surface area contributed by atoms with Crippen molar-refractivity contribution < 1.29 is 23.5 Å². The first kappa shape index (κ1) is 28.0. The predicted molar refractivity (Wildman–Crippen MR) is 167 cm³/mol. The van der Waals surface area contributed by atoms with Crippen LogP contribution in [-0.2, 0) is 21.6 Å². The Morgan fingerprint density at radius 2 is 1.80 bits per heavy atom. The highest BCUT2D eigenvalue weighted by atomic mass is 35.5. The molecule has 1 atom stereocenters. The zero-order chi connectivity index (χ0) is 30.9. The number of halogens is 1. The Hall–Kier alpha value is -4.80. The summed E-state index contributed by atoms with van der Waals surface area (Å²) in [4.78, 5) is 64.3. The molecule has 220 valence electrons. The number of para-hydroxylation sites is 1. The topological polar surface area (TPSA) is 110 Å². The minimum atomic E-state index is -1.96. The molecule has 1 spiro atoms. The van der Waals surface area contributed by atoms with Crippen molar-refractivity contribution in [3.05, 3.63) is 121 Å². The van der Waals surface area contributed by atoms with E-state index in [-0.39, 0.29) is 45.5 Å². The van der Waals surface area contributed by atoms with Crippen LogP contribution in [0.3, 0.4) is 0 Å². The average molecular weight is 626 g/mol. The van der Waals surface area contributed by atoms with Gasteiger partial charge in [-0.05, 0) is 56.2 Å². The Morgan fingerprint density at radius 1 is 1.05 bits per heavy atom. The summed E-state index contributed by atoms with van der Waals surface area (Å²) in [5.41, 5.74) is 0.686. The maximum absolute atomic E-state index is 15.1. The summed E-state index contributed by atoms with van der Waals surface area (Å²) in [6, 6.07) is 19.3. The van der Waals surface area contributed by atoms with E-state index < -0.39 is 28.8 Å². The SMILES string of the molecule is CCOC(=O)c1sc(N2C(=O)c3oc4ccc(Cl)cc4c(=O)c3C23C(=O)N(Cc2ccccc2C)c2ccccc23)nc1C. The van der Waals surface area contributed by atoms with Crippen molar-refractivity contribution in [2.45, 2.75) is 32.9 Å². The molecule has 9 nitrogen and oxygen atoms in total. The van der Waals surface area contributed by atoms with E-state index in [9.17, 15) is 14.4 Å². The fraction of sp³-hybridized carbons (Fsp3) is 0.182. The van der Waals surface area contributed by atoms with Crippen molar-refractivity contribution in [3.63, 3.8) is 0 Å². The molecule has 11 heteroatoms. The van der Waals surface area contributed by atoms with Gasteiger partial charge in [0.2, 0.25) is 5.76 Å². The summed E-state index contributed by atoms with van der Waals surface area (Å²) in [5, 5.41) is 0.494. The molecule has 0 aliphatic carbocycles. The molecule has 2 amide bonds.